The summed E-state index contributed by atoms with van der Waals surface area (Å²) in [4.78, 5) is 14.1. The zero-order chi connectivity index (χ0) is 19.6. The molecule has 0 aliphatic carbocycles. The van der Waals surface area contributed by atoms with Crippen molar-refractivity contribution in [3.8, 4) is 0 Å². The van der Waals surface area contributed by atoms with Crippen LogP contribution in [-0.2, 0) is 26.2 Å². The number of carbonyl (C=O) groups is 1. The standard InChI is InChI=1S/C18H26FN3O4S/c1-14-12-22(13-15(2)26-14)27(24,25)21-9-7-20(8-10-21)18(23)11-16-3-5-17(19)6-4-16/h3-6,14-15H,7-13H2,1-2H3/t14-,15+. The molecule has 0 bridgehead atoms. The van der Waals surface area contributed by atoms with Crippen LogP contribution in [0.2, 0.25) is 0 Å². The van der Waals surface area contributed by atoms with E-state index in [9.17, 15) is 17.6 Å². The highest BCUT2D eigenvalue weighted by Gasteiger charge is 2.37. The average Bonchev–Trinajstić information content (AvgIpc) is 2.63. The number of hydrogen-bond acceptors (Lipinski definition) is 4. The van der Waals surface area contributed by atoms with Gasteiger partial charge in [0.15, 0.2) is 0 Å². The van der Waals surface area contributed by atoms with E-state index in [1.54, 1.807) is 17.0 Å². The Balaban J connectivity index is 1.56. The Labute approximate surface area is 159 Å². The maximum Gasteiger partial charge on any atom is 0.282 e. The maximum atomic E-state index is 13.0. The molecule has 0 radical (unpaired) electrons. The number of morpholine rings is 1. The second kappa shape index (κ2) is 8.22. The van der Waals surface area contributed by atoms with Crippen LogP contribution in [-0.4, -0.2) is 79.3 Å². The molecule has 1 aromatic rings. The lowest BCUT2D eigenvalue weighted by molar-refractivity contribution is -0.131. The highest BCUT2D eigenvalue weighted by molar-refractivity contribution is 7.86. The predicted molar refractivity (Wildman–Crippen MR) is 98.8 cm³/mol. The molecule has 0 N–H and O–H groups in total. The molecule has 2 aliphatic rings. The summed E-state index contributed by atoms with van der Waals surface area (Å²) in [5.74, 6) is -0.413. The first-order valence-corrected chi connectivity index (χ1v) is 10.6. The van der Waals surface area contributed by atoms with Crippen LogP contribution < -0.4 is 0 Å². The van der Waals surface area contributed by atoms with E-state index in [1.807, 2.05) is 13.8 Å². The van der Waals surface area contributed by atoms with E-state index >= 15 is 0 Å². The van der Waals surface area contributed by atoms with E-state index in [-0.39, 0.29) is 43.4 Å². The van der Waals surface area contributed by atoms with E-state index in [0.29, 0.717) is 26.2 Å². The summed E-state index contributed by atoms with van der Waals surface area (Å²) in [5.41, 5.74) is 0.743. The Morgan fingerprint density at radius 2 is 1.59 bits per heavy atom. The first-order valence-electron chi connectivity index (χ1n) is 9.18. The molecule has 2 saturated heterocycles. The fourth-order valence-electron chi connectivity index (χ4n) is 3.54. The molecule has 0 spiro atoms. The SMILES string of the molecule is C[C@@H]1CN(S(=O)(=O)N2CCN(C(=O)Cc3ccc(F)cc3)CC2)C[C@H](C)O1. The molecule has 2 fully saturated rings. The number of nitrogens with zero attached hydrogens (tertiary/aromatic N) is 3. The minimum atomic E-state index is -3.56. The number of benzene rings is 1. The topological polar surface area (TPSA) is 70.2 Å². The van der Waals surface area contributed by atoms with Crippen LogP contribution in [0.4, 0.5) is 4.39 Å². The summed E-state index contributed by atoms with van der Waals surface area (Å²) >= 11 is 0. The van der Waals surface area contributed by atoms with Crippen LogP contribution in [0.1, 0.15) is 19.4 Å². The van der Waals surface area contributed by atoms with Gasteiger partial charge in [0.1, 0.15) is 5.82 Å². The van der Waals surface area contributed by atoms with Crippen LogP contribution in [0.5, 0.6) is 0 Å². The van der Waals surface area contributed by atoms with Gasteiger partial charge in [0.2, 0.25) is 5.91 Å². The molecule has 2 heterocycles. The van der Waals surface area contributed by atoms with Gasteiger partial charge in [0.25, 0.3) is 10.2 Å². The highest BCUT2D eigenvalue weighted by Crippen LogP contribution is 2.19. The van der Waals surface area contributed by atoms with Crippen molar-refractivity contribution in [3.05, 3.63) is 35.6 Å². The van der Waals surface area contributed by atoms with Crippen molar-refractivity contribution in [1.29, 1.82) is 0 Å². The molecule has 2 aliphatic heterocycles. The fraction of sp³-hybridized carbons (Fsp3) is 0.611. The van der Waals surface area contributed by atoms with E-state index < -0.39 is 10.2 Å². The van der Waals surface area contributed by atoms with Gasteiger partial charge in [-0.05, 0) is 31.5 Å². The number of amides is 1. The Bertz CT molecular complexity index is 753. The average molecular weight is 399 g/mol. The van der Waals surface area contributed by atoms with Crippen molar-refractivity contribution in [2.24, 2.45) is 0 Å². The third kappa shape index (κ3) is 4.84. The quantitative estimate of drug-likeness (QED) is 0.753. The van der Waals surface area contributed by atoms with Crippen molar-refractivity contribution in [1.82, 2.24) is 13.5 Å². The van der Waals surface area contributed by atoms with Gasteiger partial charge in [-0.15, -0.1) is 0 Å². The van der Waals surface area contributed by atoms with Crippen LogP contribution in [0, 0.1) is 5.82 Å². The minimum absolute atomic E-state index is 0.0766. The Kier molecular flexibility index (Phi) is 6.15. The Morgan fingerprint density at radius 3 is 2.15 bits per heavy atom. The van der Waals surface area contributed by atoms with Crippen molar-refractivity contribution < 1.29 is 22.3 Å². The van der Waals surface area contributed by atoms with Gasteiger partial charge < -0.3 is 9.64 Å². The molecule has 0 unspecified atom stereocenters. The third-order valence-corrected chi connectivity index (χ3v) is 6.87. The molecule has 1 amide bonds. The number of rotatable bonds is 4. The van der Waals surface area contributed by atoms with E-state index in [2.05, 4.69) is 0 Å². The lowest BCUT2D eigenvalue weighted by Gasteiger charge is -2.40. The summed E-state index contributed by atoms with van der Waals surface area (Å²) in [5, 5.41) is 0. The van der Waals surface area contributed by atoms with Gasteiger partial charge in [0.05, 0.1) is 18.6 Å². The number of halogens is 1. The molecule has 0 saturated carbocycles. The molecule has 1 aromatic carbocycles. The number of carbonyl (C=O) groups excluding carboxylic acids is 1. The van der Waals surface area contributed by atoms with Gasteiger partial charge >= 0.3 is 0 Å². The first-order chi connectivity index (χ1) is 12.8. The molecule has 27 heavy (non-hydrogen) atoms. The van der Waals surface area contributed by atoms with Crippen molar-refractivity contribution in [2.45, 2.75) is 32.5 Å². The molecule has 7 nitrogen and oxygen atoms in total. The van der Waals surface area contributed by atoms with Crippen LogP contribution in [0.25, 0.3) is 0 Å². The van der Waals surface area contributed by atoms with Gasteiger partial charge in [-0.3, -0.25) is 4.79 Å². The third-order valence-electron chi connectivity index (χ3n) is 4.90. The molecule has 0 aromatic heterocycles. The minimum Gasteiger partial charge on any atom is -0.373 e. The lowest BCUT2D eigenvalue weighted by atomic mass is 10.1. The van der Waals surface area contributed by atoms with E-state index in [0.717, 1.165) is 5.56 Å². The van der Waals surface area contributed by atoms with Crippen LogP contribution >= 0.6 is 0 Å². The van der Waals surface area contributed by atoms with Crippen molar-refractivity contribution >= 4 is 16.1 Å². The number of piperazine rings is 1. The molecule has 9 heteroatoms. The highest BCUT2D eigenvalue weighted by atomic mass is 32.2. The van der Waals surface area contributed by atoms with Crippen molar-refractivity contribution in [2.75, 3.05) is 39.3 Å². The molecule has 150 valence electrons. The van der Waals surface area contributed by atoms with E-state index in [4.69, 9.17) is 4.74 Å². The van der Waals surface area contributed by atoms with Crippen LogP contribution in [0.3, 0.4) is 0 Å². The molecular formula is C18H26FN3O4S. The lowest BCUT2D eigenvalue weighted by Crippen LogP contribution is -2.57. The van der Waals surface area contributed by atoms with Gasteiger partial charge in [-0.2, -0.15) is 17.0 Å². The number of ether oxygens (including phenoxy) is 1. The maximum absolute atomic E-state index is 13.0. The van der Waals surface area contributed by atoms with E-state index in [1.165, 1.54) is 20.7 Å². The fourth-order valence-corrected chi connectivity index (χ4v) is 5.29. The molecule has 3 rings (SSSR count). The largest absolute Gasteiger partial charge is 0.373 e. The Hall–Kier alpha value is -1.55. The zero-order valence-electron chi connectivity index (χ0n) is 15.7. The van der Waals surface area contributed by atoms with Crippen LogP contribution in [0.15, 0.2) is 24.3 Å². The first kappa shape index (κ1) is 20.2. The van der Waals surface area contributed by atoms with Gasteiger partial charge in [0, 0.05) is 39.3 Å². The Morgan fingerprint density at radius 1 is 1.04 bits per heavy atom. The van der Waals surface area contributed by atoms with Gasteiger partial charge in [-0.1, -0.05) is 12.1 Å². The molecule has 2 atom stereocenters. The van der Waals surface area contributed by atoms with Gasteiger partial charge in [-0.25, -0.2) is 4.39 Å². The molecular weight excluding hydrogens is 373 g/mol. The van der Waals surface area contributed by atoms with Crippen molar-refractivity contribution in [3.63, 3.8) is 0 Å². The second-order valence-corrected chi connectivity index (χ2v) is 9.09. The smallest absolute Gasteiger partial charge is 0.282 e. The number of hydrogen-bond donors (Lipinski definition) is 0. The summed E-state index contributed by atoms with van der Waals surface area (Å²) in [6.45, 7) is 5.68. The normalized spacial score (nSPS) is 25.5. The summed E-state index contributed by atoms with van der Waals surface area (Å²) in [6.07, 6.45) is -0.0879. The second-order valence-electron chi connectivity index (χ2n) is 7.17. The summed E-state index contributed by atoms with van der Waals surface area (Å²) < 4.78 is 47.3. The monoisotopic (exact) mass is 399 g/mol. The predicted octanol–water partition coefficient (Wildman–Crippen LogP) is 0.866. The zero-order valence-corrected chi connectivity index (χ0v) is 16.5. The summed E-state index contributed by atoms with van der Waals surface area (Å²) in [6, 6.07) is 5.85. The summed E-state index contributed by atoms with van der Waals surface area (Å²) in [7, 11) is -3.56.